The van der Waals surface area contributed by atoms with Crippen LogP contribution in [0.1, 0.15) is 50.3 Å². The van der Waals surface area contributed by atoms with Crippen LogP contribution in [-0.4, -0.2) is 26.0 Å². The first-order valence-corrected chi connectivity index (χ1v) is 9.80. The molecule has 0 saturated heterocycles. The zero-order chi connectivity index (χ0) is 19.2. The Labute approximate surface area is 149 Å². The van der Waals surface area contributed by atoms with Crippen LogP contribution in [0.3, 0.4) is 0 Å². The largest absolute Gasteiger partial charge is 0.496 e. The van der Waals surface area contributed by atoms with Crippen LogP contribution in [0.4, 0.5) is 4.79 Å². The fourth-order valence-corrected chi connectivity index (χ4v) is 3.85. The van der Waals surface area contributed by atoms with Crippen molar-refractivity contribution in [3.05, 3.63) is 22.8 Å². The number of nitrogens with one attached hydrogen (secondary N) is 1. The van der Waals surface area contributed by atoms with Gasteiger partial charge in [0, 0.05) is 5.56 Å². The first kappa shape index (κ1) is 21.5. The van der Waals surface area contributed by atoms with Gasteiger partial charge in [-0.1, -0.05) is 13.8 Å². The number of carbonyl (C=O) groups is 1. The number of methoxy groups -OCH3 is 1. The van der Waals surface area contributed by atoms with Gasteiger partial charge in [0.2, 0.25) is 0 Å². The molecule has 1 N–H and O–H groups in total. The van der Waals surface area contributed by atoms with Crippen molar-refractivity contribution in [2.75, 3.05) is 20.3 Å². The van der Waals surface area contributed by atoms with Crippen molar-refractivity contribution < 1.29 is 28.0 Å². The lowest BCUT2D eigenvalue weighted by Crippen LogP contribution is -2.27. The highest BCUT2D eigenvalue weighted by Gasteiger charge is 2.35. The van der Waals surface area contributed by atoms with Gasteiger partial charge in [0.25, 0.3) is 0 Å². The van der Waals surface area contributed by atoms with Crippen molar-refractivity contribution in [3.63, 3.8) is 0 Å². The Morgan fingerprint density at radius 3 is 2.20 bits per heavy atom. The normalized spacial score (nSPS) is 11.5. The van der Waals surface area contributed by atoms with E-state index in [1.54, 1.807) is 27.0 Å². The van der Waals surface area contributed by atoms with Gasteiger partial charge in [0.05, 0.1) is 20.3 Å². The van der Waals surface area contributed by atoms with E-state index in [0.29, 0.717) is 5.75 Å². The summed E-state index contributed by atoms with van der Waals surface area (Å²) in [7, 11) is -2.31. The number of hydroxylamine groups is 1. The van der Waals surface area contributed by atoms with Gasteiger partial charge in [0.15, 0.2) is 5.75 Å². The third-order valence-corrected chi connectivity index (χ3v) is 5.38. The van der Waals surface area contributed by atoms with Crippen molar-refractivity contribution in [3.8, 4) is 11.5 Å². The molecule has 25 heavy (non-hydrogen) atoms. The molecule has 8 heteroatoms. The summed E-state index contributed by atoms with van der Waals surface area (Å²) in [6.45, 7) is 11.3. The maximum absolute atomic E-state index is 12.4. The summed E-state index contributed by atoms with van der Waals surface area (Å²) in [5.74, 6) is 1.38. The molecule has 1 amide bonds. The number of hydrogen-bond acceptors (Lipinski definition) is 6. The molecule has 0 saturated carbocycles. The highest BCUT2D eigenvalue weighted by molar-refractivity contribution is 7.71. The second-order valence-electron chi connectivity index (χ2n) is 5.76. The summed E-state index contributed by atoms with van der Waals surface area (Å²) in [4.78, 5) is 17.7. The maximum atomic E-state index is 12.4. The van der Waals surface area contributed by atoms with Crippen molar-refractivity contribution in [2.45, 2.75) is 47.5 Å². The molecular weight excluding hydrogens is 345 g/mol. The Kier molecular flexibility index (Phi) is 7.93. The van der Waals surface area contributed by atoms with Crippen LogP contribution in [0.5, 0.6) is 11.5 Å². The molecule has 0 aliphatic rings. The number of aryl methyl sites for hydroxylation is 1. The molecule has 7 nitrogen and oxygen atoms in total. The number of hydrogen-bond donors (Lipinski definition) is 1. The van der Waals surface area contributed by atoms with E-state index in [9.17, 15) is 9.36 Å². The number of benzene rings is 1. The molecule has 0 spiro atoms. The molecule has 0 bridgehead atoms. The predicted octanol–water partition coefficient (Wildman–Crippen LogP) is 4.70. The Morgan fingerprint density at radius 2 is 1.76 bits per heavy atom. The molecule has 0 heterocycles. The summed E-state index contributed by atoms with van der Waals surface area (Å²) >= 11 is 0. The Bertz CT molecular complexity index is 649. The lowest BCUT2D eigenvalue weighted by atomic mass is 9.94. The Balaban J connectivity index is 3.11. The van der Waals surface area contributed by atoms with Gasteiger partial charge in [0.1, 0.15) is 5.75 Å². The standard InChI is InChI=1S/C17H28NO6P/c1-8-22-25(20,23-9-2)17(19)18-24-14-10-12(5)16(21-7)13(6)15(14)11(3)4/h10-11H,8-9H2,1-7H3,(H,18,19). The molecule has 0 radical (unpaired) electrons. The monoisotopic (exact) mass is 373 g/mol. The summed E-state index contributed by atoms with van der Waals surface area (Å²) in [5, 5.41) is 0. The summed E-state index contributed by atoms with van der Waals surface area (Å²) in [6.07, 6.45) is 0. The zero-order valence-electron chi connectivity index (χ0n) is 16.0. The molecule has 0 unspecified atom stereocenters. The van der Waals surface area contributed by atoms with Crippen LogP contribution in [0, 0.1) is 13.8 Å². The van der Waals surface area contributed by atoms with Gasteiger partial charge in [-0.25, -0.2) is 4.57 Å². The number of amides is 1. The van der Waals surface area contributed by atoms with Gasteiger partial charge in [-0.3, -0.25) is 4.79 Å². The molecule has 0 atom stereocenters. The second kappa shape index (κ2) is 9.22. The van der Waals surface area contributed by atoms with Gasteiger partial charge < -0.3 is 18.6 Å². The molecule has 0 aromatic heterocycles. The highest BCUT2D eigenvalue weighted by atomic mass is 31.2. The van der Waals surface area contributed by atoms with E-state index in [0.717, 1.165) is 22.4 Å². The lowest BCUT2D eigenvalue weighted by Gasteiger charge is -2.21. The second-order valence-corrected chi connectivity index (χ2v) is 7.68. The van der Waals surface area contributed by atoms with Crippen molar-refractivity contribution in [1.82, 2.24) is 5.48 Å². The molecule has 0 aliphatic heterocycles. The third kappa shape index (κ3) is 4.97. The van der Waals surface area contributed by atoms with Crippen LogP contribution >= 0.6 is 7.60 Å². The van der Waals surface area contributed by atoms with Gasteiger partial charge in [-0.2, -0.15) is 5.48 Å². The molecule has 0 aliphatic carbocycles. The van der Waals surface area contributed by atoms with E-state index < -0.39 is 13.2 Å². The zero-order valence-corrected chi connectivity index (χ0v) is 16.9. The van der Waals surface area contributed by atoms with Crippen LogP contribution in [0.15, 0.2) is 6.07 Å². The predicted molar refractivity (Wildman–Crippen MR) is 96.6 cm³/mol. The van der Waals surface area contributed by atoms with E-state index >= 15 is 0 Å². The Hall–Kier alpha value is -1.56. The quantitative estimate of drug-likeness (QED) is 0.499. The maximum Gasteiger partial charge on any atom is 0.421 e. The van der Waals surface area contributed by atoms with E-state index in [1.807, 2.05) is 27.7 Å². The van der Waals surface area contributed by atoms with E-state index in [2.05, 4.69) is 5.48 Å². The summed E-state index contributed by atoms with van der Waals surface area (Å²) < 4.78 is 27.9. The molecule has 142 valence electrons. The molecule has 0 fully saturated rings. The van der Waals surface area contributed by atoms with Gasteiger partial charge >= 0.3 is 13.2 Å². The minimum absolute atomic E-state index is 0.0860. The first-order chi connectivity index (χ1) is 11.7. The average molecular weight is 373 g/mol. The van der Waals surface area contributed by atoms with Crippen LogP contribution in [0.2, 0.25) is 0 Å². The van der Waals surface area contributed by atoms with Gasteiger partial charge in [-0.05, 0) is 50.8 Å². The third-order valence-electron chi connectivity index (χ3n) is 3.59. The van der Waals surface area contributed by atoms with Crippen LogP contribution < -0.4 is 15.1 Å². The Morgan fingerprint density at radius 1 is 1.20 bits per heavy atom. The van der Waals surface area contributed by atoms with Crippen LogP contribution in [0.25, 0.3) is 0 Å². The molecule has 1 rings (SSSR count). The molecule has 1 aromatic rings. The van der Waals surface area contributed by atoms with Crippen molar-refractivity contribution in [2.24, 2.45) is 0 Å². The van der Waals surface area contributed by atoms with Gasteiger partial charge in [-0.15, -0.1) is 0 Å². The van der Waals surface area contributed by atoms with Crippen molar-refractivity contribution >= 4 is 13.2 Å². The van der Waals surface area contributed by atoms with Crippen LogP contribution in [-0.2, 0) is 13.6 Å². The first-order valence-electron chi connectivity index (χ1n) is 8.26. The minimum Gasteiger partial charge on any atom is -0.496 e. The topological polar surface area (TPSA) is 83.1 Å². The van der Waals surface area contributed by atoms with Crippen molar-refractivity contribution in [1.29, 1.82) is 0 Å². The van der Waals surface area contributed by atoms with E-state index in [4.69, 9.17) is 18.6 Å². The fraction of sp³-hybridized carbons (Fsp3) is 0.588. The average Bonchev–Trinajstić information content (AvgIpc) is 2.52. The summed E-state index contributed by atoms with van der Waals surface area (Å²) in [5.41, 5.74) is 3.96. The minimum atomic E-state index is -3.92. The lowest BCUT2D eigenvalue weighted by molar-refractivity contribution is 0.172. The summed E-state index contributed by atoms with van der Waals surface area (Å²) in [6, 6.07) is 1.77. The van der Waals surface area contributed by atoms with E-state index in [-0.39, 0.29) is 19.1 Å². The number of ether oxygens (including phenoxy) is 1. The number of rotatable bonds is 9. The molecular formula is C17H28NO6P. The van der Waals surface area contributed by atoms with E-state index in [1.165, 1.54) is 0 Å². The number of carbonyl (C=O) groups excluding carboxylic acids is 1. The fourth-order valence-electron chi connectivity index (χ4n) is 2.71. The SMILES string of the molecule is CCOP(=O)(OCC)C(=O)NOc1cc(C)c(OC)c(C)c1C(C)C. The molecule has 1 aromatic carbocycles. The highest BCUT2D eigenvalue weighted by Crippen LogP contribution is 2.48. The smallest absolute Gasteiger partial charge is 0.421 e.